The number of aromatic nitrogens is 1. The highest BCUT2D eigenvalue weighted by atomic mass is 32.1. The van der Waals surface area contributed by atoms with Gasteiger partial charge in [-0.15, -0.1) is 11.3 Å². The third-order valence-electron chi connectivity index (χ3n) is 5.76. The fraction of sp³-hybridized carbons (Fsp3) is 0.240. The maximum absolute atomic E-state index is 13.5. The average Bonchev–Trinajstić information content (AvgIpc) is 3.41. The molecule has 0 saturated heterocycles. The molecule has 1 aliphatic heterocycles. The molecule has 2 unspecified atom stereocenters. The van der Waals surface area contributed by atoms with Gasteiger partial charge in [-0.05, 0) is 43.3 Å². The van der Waals surface area contributed by atoms with Gasteiger partial charge in [0.2, 0.25) is 0 Å². The van der Waals surface area contributed by atoms with Crippen molar-refractivity contribution < 1.29 is 18.7 Å². The van der Waals surface area contributed by atoms with Gasteiger partial charge in [0.25, 0.3) is 5.91 Å². The Kier molecular flexibility index (Phi) is 5.49. The van der Waals surface area contributed by atoms with E-state index in [9.17, 15) is 9.59 Å². The molecule has 1 N–H and O–H groups in total. The summed E-state index contributed by atoms with van der Waals surface area (Å²) in [6.07, 6.45) is -0.972. The minimum atomic E-state index is -0.972. The maximum atomic E-state index is 13.5. The predicted molar refractivity (Wildman–Crippen MR) is 132 cm³/mol. The van der Waals surface area contributed by atoms with Crippen LogP contribution in [-0.4, -0.2) is 38.2 Å². The van der Waals surface area contributed by atoms with E-state index < -0.39 is 17.6 Å². The second-order valence-corrected chi connectivity index (χ2v) is 9.21. The Morgan fingerprint density at radius 3 is 2.56 bits per heavy atom. The van der Waals surface area contributed by atoms with Crippen LogP contribution in [0.4, 0.5) is 10.8 Å². The van der Waals surface area contributed by atoms with Crippen molar-refractivity contribution in [2.24, 2.45) is 0 Å². The number of ether oxygens (including phenoxy) is 2. The normalized spacial score (nSPS) is 16.7. The van der Waals surface area contributed by atoms with Gasteiger partial charge < -0.3 is 24.1 Å². The van der Waals surface area contributed by atoms with Crippen LogP contribution in [0.1, 0.15) is 22.1 Å². The first-order chi connectivity index (χ1) is 16.4. The fourth-order valence-corrected chi connectivity index (χ4v) is 5.24. The van der Waals surface area contributed by atoms with Gasteiger partial charge in [-0.2, -0.15) is 0 Å². The van der Waals surface area contributed by atoms with Crippen LogP contribution >= 0.6 is 11.3 Å². The van der Waals surface area contributed by atoms with E-state index in [1.165, 1.54) is 11.3 Å². The van der Waals surface area contributed by atoms with E-state index in [1.807, 2.05) is 38.1 Å². The number of benzene rings is 2. The fourth-order valence-electron chi connectivity index (χ4n) is 4.11. The molecular formula is C25H23N3O5S. The Bertz CT molecular complexity index is 1440. The first kappa shape index (κ1) is 22.0. The topological polar surface area (TPSA) is 93.9 Å². The van der Waals surface area contributed by atoms with Crippen LogP contribution in [0.3, 0.4) is 0 Å². The average molecular weight is 478 g/mol. The van der Waals surface area contributed by atoms with E-state index in [0.717, 1.165) is 15.7 Å². The second-order valence-electron chi connectivity index (χ2n) is 8.20. The first-order valence-electron chi connectivity index (χ1n) is 10.7. The molecule has 0 saturated carbocycles. The van der Waals surface area contributed by atoms with Crippen molar-refractivity contribution in [2.75, 3.05) is 31.4 Å². The number of aryl methyl sites for hydroxylation is 1. The number of hydrogen-bond acceptors (Lipinski definition) is 8. The molecule has 2 aromatic heterocycles. The number of thiazole rings is 1. The summed E-state index contributed by atoms with van der Waals surface area (Å²) in [5, 5.41) is 4.34. The molecule has 1 aliphatic rings. The van der Waals surface area contributed by atoms with Gasteiger partial charge in [0.15, 0.2) is 11.2 Å². The van der Waals surface area contributed by atoms with Gasteiger partial charge in [-0.25, -0.2) is 9.78 Å². The minimum Gasteiger partial charge on any atom is -0.497 e. The molecule has 174 valence electrons. The molecule has 9 heteroatoms. The highest BCUT2D eigenvalue weighted by Crippen LogP contribution is 2.47. The Balaban J connectivity index is 1.62. The lowest BCUT2D eigenvalue weighted by Crippen LogP contribution is -2.35. The standard InChI is InChI=1S/C25H23N3O5S/c1-13-22(34-25(26-13)28(2)3)18-19-20(16-7-5-6-8-17(16)32-24(19)30)33-21(18)23(29)27-14-9-11-15(31-4)12-10-14/h5-12,18,21H,1-4H3,(H,27,29). The molecule has 34 heavy (non-hydrogen) atoms. The van der Waals surface area contributed by atoms with Crippen LogP contribution in [0, 0.1) is 6.92 Å². The van der Waals surface area contributed by atoms with Crippen LogP contribution in [0.5, 0.6) is 11.5 Å². The van der Waals surface area contributed by atoms with E-state index in [4.69, 9.17) is 13.9 Å². The minimum absolute atomic E-state index is 0.339. The highest BCUT2D eigenvalue weighted by molar-refractivity contribution is 7.15. The van der Waals surface area contributed by atoms with E-state index in [-0.39, 0.29) is 5.91 Å². The molecule has 3 heterocycles. The van der Waals surface area contributed by atoms with Crippen molar-refractivity contribution in [3.05, 3.63) is 75.1 Å². The molecule has 2 atom stereocenters. The molecule has 4 aromatic rings. The summed E-state index contributed by atoms with van der Waals surface area (Å²) in [5.41, 5.74) is 1.57. The molecule has 8 nitrogen and oxygen atoms in total. The van der Waals surface area contributed by atoms with Crippen molar-refractivity contribution in [2.45, 2.75) is 18.9 Å². The van der Waals surface area contributed by atoms with Crippen LogP contribution < -0.4 is 25.3 Å². The third-order valence-corrected chi connectivity index (χ3v) is 7.17. The number of fused-ring (bicyclic) bond motifs is 3. The molecule has 5 rings (SSSR count). The summed E-state index contributed by atoms with van der Waals surface area (Å²) in [7, 11) is 5.38. The zero-order valence-corrected chi connectivity index (χ0v) is 19.9. The summed E-state index contributed by atoms with van der Waals surface area (Å²) in [6.45, 7) is 1.87. The molecule has 0 fully saturated rings. The van der Waals surface area contributed by atoms with Crippen molar-refractivity contribution in [3.63, 3.8) is 0 Å². The molecule has 1 amide bonds. The van der Waals surface area contributed by atoms with Crippen molar-refractivity contribution in [1.29, 1.82) is 0 Å². The molecule has 0 aliphatic carbocycles. The summed E-state index contributed by atoms with van der Waals surface area (Å²) >= 11 is 1.43. The quantitative estimate of drug-likeness (QED) is 0.431. The SMILES string of the molecule is COc1ccc(NC(=O)C2Oc3c(c(=O)oc4ccccc34)C2c2sc(N(C)C)nc2C)cc1. The Morgan fingerprint density at radius 1 is 1.15 bits per heavy atom. The lowest BCUT2D eigenvalue weighted by Gasteiger charge is -2.18. The number of anilines is 2. The summed E-state index contributed by atoms with van der Waals surface area (Å²) in [6, 6.07) is 14.2. The number of nitrogens with one attached hydrogen (secondary N) is 1. The van der Waals surface area contributed by atoms with Crippen LogP contribution in [0.2, 0.25) is 0 Å². The number of amides is 1. The number of hydrogen-bond donors (Lipinski definition) is 1. The van der Waals surface area contributed by atoms with Crippen molar-refractivity contribution in [1.82, 2.24) is 4.98 Å². The smallest absolute Gasteiger partial charge is 0.344 e. The molecular weight excluding hydrogens is 454 g/mol. The Morgan fingerprint density at radius 2 is 1.88 bits per heavy atom. The lowest BCUT2D eigenvalue weighted by atomic mass is 9.93. The van der Waals surface area contributed by atoms with Crippen LogP contribution in [-0.2, 0) is 4.79 Å². The molecule has 0 bridgehead atoms. The highest BCUT2D eigenvalue weighted by Gasteiger charge is 2.46. The largest absolute Gasteiger partial charge is 0.497 e. The van der Waals surface area contributed by atoms with Gasteiger partial charge >= 0.3 is 5.63 Å². The third kappa shape index (κ3) is 3.67. The number of carbonyl (C=O) groups excluding carboxylic acids is 1. The maximum Gasteiger partial charge on any atom is 0.344 e. The van der Waals surface area contributed by atoms with E-state index >= 15 is 0 Å². The first-order valence-corrected chi connectivity index (χ1v) is 11.5. The van der Waals surface area contributed by atoms with E-state index in [2.05, 4.69) is 10.3 Å². The number of nitrogens with zero attached hydrogens (tertiary/aromatic N) is 2. The van der Waals surface area contributed by atoms with Crippen LogP contribution in [0.25, 0.3) is 11.0 Å². The number of methoxy groups -OCH3 is 1. The van der Waals surface area contributed by atoms with Gasteiger partial charge in [-0.3, -0.25) is 4.79 Å². The van der Waals surface area contributed by atoms with Crippen molar-refractivity contribution in [3.8, 4) is 11.5 Å². The van der Waals surface area contributed by atoms with E-state index in [0.29, 0.717) is 33.7 Å². The van der Waals surface area contributed by atoms with Gasteiger partial charge in [0.1, 0.15) is 17.1 Å². The lowest BCUT2D eigenvalue weighted by molar-refractivity contribution is -0.122. The molecule has 0 spiro atoms. The van der Waals surface area contributed by atoms with Gasteiger partial charge in [0, 0.05) is 24.7 Å². The summed E-state index contributed by atoms with van der Waals surface area (Å²) in [5.74, 6) is 0.0428. The Labute approximate surface area is 199 Å². The van der Waals surface area contributed by atoms with Crippen molar-refractivity contribution >= 4 is 39.0 Å². The predicted octanol–water partition coefficient (Wildman–Crippen LogP) is 4.16. The zero-order chi connectivity index (χ0) is 24.0. The Hall–Kier alpha value is -3.85. The zero-order valence-electron chi connectivity index (χ0n) is 19.1. The molecule has 0 radical (unpaired) electrons. The number of rotatable bonds is 5. The van der Waals surface area contributed by atoms with Crippen LogP contribution in [0.15, 0.2) is 57.7 Å². The van der Waals surface area contributed by atoms with Gasteiger partial charge in [0.05, 0.1) is 29.7 Å². The number of carbonyl (C=O) groups is 1. The second kappa shape index (κ2) is 8.49. The monoisotopic (exact) mass is 477 g/mol. The summed E-state index contributed by atoms with van der Waals surface area (Å²) in [4.78, 5) is 33.9. The van der Waals surface area contributed by atoms with Gasteiger partial charge in [-0.1, -0.05) is 12.1 Å². The molecule has 2 aromatic carbocycles. The summed E-state index contributed by atoms with van der Waals surface area (Å²) < 4.78 is 17.0. The van der Waals surface area contributed by atoms with E-state index in [1.54, 1.807) is 43.5 Å². The number of para-hydroxylation sites is 1.